The highest BCUT2D eigenvalue weighted by atomic mass is 32.1. The van der Waals surface area contributed by atoms with Crippen molar-refractivity contribution in [1.82, 2.24) is 24.8 Å². The van der Waals surface area contributed by atoms with E-state index in [1.807, 2.05) is 18.4 Å². The summed E-state index contributed by atoms with van der Waals surface area (Å²) in [5, 5.41) is 5.76. The first-order valence-electron chi connectivity index (χ1n) is 10.3. The number of rotatable bonds is 7. The number of quaternary nitrogens is 1. The smallest absolute Gasteiger partial charge is 0.406 e. The third-order valence-electron chi connectivity index (χ3n) is 5.14. The lowest BCUT2D eigenvalue weighted by Gasteiger charge is -2.12. The van der Waals surface area contributed by atoms with Gasteiger partial charge < -0.3 is 20.5 Å². The number of ether oxygens (including phenoxy) is 1. The summed E-state index contributed by atoms with van der Waals surface area (Å²) in [5.74, 6) is 5.15. The van der Waals surface area contributed by atoms with E-state index in [4.69, 9.17) is 10.8 Å². The van der Waals surface area contributed by atoms with Crippen molar-refractivity contribution >= 4 is 32.6 Å². The molecule has 0 amide bonds. The number of alkyl halides is 3. The van der Waals surface area contributed by atoms with Crippen molar-refractivity contribution in [3.05, 3.63) is 63.3 Å². The number of hydrogen-bond donors (Lipinski definition) is 3. The fourth-order valence-corrected chi connectivity index (χ4v) is 4.82. The van der Waals surface area contributed by atoms with Crippen molar-refractivity contribution in [2.75, 3.05) is 0 Å². The molecule has 0 saturated heterocycles. The van der Waals surface area contributed by atoms with E-state index in [2.05, 4.69) is 21.0 Å². The van der Waals surface area contributed by atoms with E-state index in [-0.39, 0.29) is 23.9 Å². The van der Waals surface area contributed by atoms with Gasteiger partial charge in [-0.25, -0.2) is 9.67 Å². The Hall–Kier alpha value is -3.42. The predicted molar refractivity (Wildman–Crippen MR) is 122 cm³/mol. The first-order chi connectivity index (χ1) is 16.1. The van der Waals surface area contributed by atoms with Crippen LogP contribution in [-0.2, 0) is 13.0 Å². The molecule has 4 aromatic rings. The maximum atomic E-state index is 13.4. The fraction of sp³-hybridized carbons (Fsp3) is 0.286. The normalized spacial score (nSPS) is 12.8. The third kappa shape index (κ3) is 4.62. The molecule has 1 aromatic carbocycles. The summed E-state index contributed by atoms with van der Waals surface area (Å²) in [6.45, 7) is 3.88. The standard InChI is InChI=1S/C21H22F3N7O2S/c1-11(2)31-17-15(18-19(31)28-16(34-18)7-13(8-25)29-26)9-27-30(20(17)32)10-12-4-3-5-14(6-12)33-21(22,23)24/h3-6,8-9,11,29H,7,10,25-26H2,1-2H3/p+1. The molecule has 3 aromatic heterocycles. The number of hydrogen-bond acceptors (Lipinski definition) is 7. The average Bonchev–Trinajstić information content (AvgIpc) is 3.29. The Labute approximate surface area is 195 Å². The number of thiazole rings is 1. The largest absolute Gasteiger partial charge is 0.573 e. The lowest BCUT2D eigenvalue weighted by molar-refractivity contribution is -0.277. The van der Waals surface area contributed by atoms with Crippen LogP contribution in [0.25, 0.3) is 21.3 Å². The molecule has 6 N–H and O–H groups in total. The molecule has 0 unspecified atom stereocenters. The first-order valence-corrected chi connectivity index (χ1v) is 11.1. The Kier molecular flexibility index (Phi) is 6.34. The van der Waals surface area contributed by atoms with Crippen molar-refractivity contribution in [2.24, 2.45) is 5.84 Å². The van der Waals surface area contributed by atoms with Crippen LogP contribution in [0.1, 0.15) is 30.5 Å². The molecule has 9 nitrogen and oxygen atoms in total. The summed E-state index contributed by atoms with van der Waals surface area (Å²) in [6, 6.07) is 5.40. The summed E-state index contributed by atoms with van der Waals surface area (Å²) in [7, 11) is 0. The molecule has 0 atom stereocenters. The molecule has 0 bridgehead atoms. The molecule has 180 valence electrons. The zero-order valence-corrected chi connectivity index (χ0v) is 19.2. The van der Waals surface area contributed by atoms with Crippen molar-refractivity contribution in [3.63, 3.8) is 0 Å². The minimum Gasteiger partial charge on any atom is -0.406 e. The second kappa shape index (κ2) is 9.08. The molecule has 0 aliphatic carbocycles. The van der Waals surface area contributed by atoms with Gasteiger partial charge in [0.25, 0.3) is 5.56 Å². The molecule has 0 radical (unpaired) electrons. The maximum Gasteiger partial charge on any atom is 0.573 e. The number of fused-ring (bicyclic) bond motifs is 3. The van der Waals surface area contributed by atoms with Crippen molar-refractivity contribution in [2.45, 2.75) is 39.2 Å². The second-order valence-corrected chi connectivity index (χ2v) is 8.92. The van der Waals surface area contributed by atoms with Crippen LogP contribution in [0.4, 0.5) is 13.2 Å². The monoisotopic (exact) mass is 494 g/mol. The minimum atomic E-state index is -4.80. The summed E-state index contributed by atoms with van der Waals surface area (Å²) < 4.78 is 45.6. The predicted octanol–water partition coefficient (Wildman–Crippen LogP) is 2.42. The molecule has 0 spiro atoms. The topological polar surface area (TPSA) is 128 Å². The van der Waals surface area contributed by atoms with Crippen LogP contribution in [0.5, 0.6) is 5.75 Å². The number of aromatic nitrogens is 4. The van der Waals surface area contributed by atoms with Gasteiger partial charge in [0.15, 0.2) is 5.65 Å². The highest BCUT2D eigenvalue weighted by molar-refractivity contribution is 7.19. The Morgan fingerprint density at radius 1 is 1.38 bits per heavy atom. The maximum absolute atomic E-state index is 13.4. The van der Waals surface area contributed by atoms with E-state index in [1.165, 1.54) is 34.2 Å². The minimum absolute atomic E-state index is 0.0146. The molecule has 0 fully saturated rings. The Balaban J connectivity index is 1.77. The number of benzene rings is 1. The van der Waals surface area contributed by atoms with Crippen LogP contribution in [0.15, 0.2) is 47.2 Å². The number of nitrogens with zero attached hydrogens (tertiary/aromatic N) is 4. The van der Waals surface area contributed by atoms with E-state index >= 15 is 0 Å². The van der Waals surface area contributed by atoms with Crippen LogP contribution in [0.3, 0.4) is 0 Å². The SMILES string of the molecule is CC(C)n1c2nc(CC(=C[NH3+])NN)sc2c2cnn(Cc3cccc(OC(F)(F)F)c3)c(=O)c21. The number of nitrogens with two attached hydrogens (primary N) is 1. The second-order valence-electron chi connectivity index (χ2n) is 7.84. The van der Waals surface area contributed by atoms with Gasteiger partial charge in [-0.15, -0.1) is 24.5 Å². The average molecular weight is 495 g/mol. The van der Waals surface area contributed by atoms with Crippen LogP contribution >= 0.6 is 11.3 Å². The quantitative estimate of drug-likeness (QED) is 0.268. The van der Waals surface area contributed by atoms with Gasteiger partial charge >= 0.3 is 6.36 Å². The summed E-state index contributed by atoms with van der Waals surface area (Å²) >= 11 is 1.44. The highest BCUT2D eigenvalue weighted by Crippen LogP contribution is 2.34. The number of halogens is 3. The summed E-state index contributed by atoms with van der Waals surface area (Å²) in [5.41, 5.74) is 8.22. The number of nitrogens with one attached hydrogen (secondary N) is 1. The summed E-state index contributed by atoms with van der Waals surface area (Å²) in [4.78, 5) is 18.1. The lowest BCUT2D eigenvalue weighted by Crippen LogP contribution is -2.42. The number of hydrazine groups is 1. The molecule has 3 heterocycles. The zero-order valence-electron chi connectivity index (χ0n) is 18.4. The Morgan fingerprint density at radius 2 is 2.15 bits per heavy atom. The molecule has 13 heteroatoms. The van der Waals surface area contributed by atoms with E-state index in [1.54, 1.807) is 18.5 Å². The fourth-order valence-electron chi connectivity index (χ4n) is 3.73. The van der Waals surface area contributed by atoms with Crippen LogP contribution in [0.2, 0.25) is 0 Å². The van der Waals surface area contributed by atoms with Crippen molar-refractivity contribution in [3.8, 4) is 5.75 Å². The van der Waals surface area contributed by atoms with Gasteiger partial charge in [0.2, 0.25) is 0 Å². The molecule has 0 aliphatic rings. The van der Waals surface area contributed by atoms with Crippen LogP contribution < -0.4 is 27.3 Å². The number of allylic oxidation sites excluding steroid dienone is 1. The molecule has 0 saturated carbocycles. The van der Waals surface area contributed by atoms with Crippen molar-refractivity contribution in [1.29, 1.82) is 0 Å². The molecular weight excluding hydrogens is 471 g/mol. The Morgan fingerprint density at radius 3 is 2.79 bits per heavy atom. The van der Waals surface area contributed by atoms with Gasteiger partial charge in [-0.3, -0.25) is 10.6 Å². The molecule has 0 aliphatic heterocycles. The first kappa shape index (κ1) is 23.7. The summed E-state index contributed by atoms with van der Waals surface area (Å²) in [6.07, 6.45) is -1.11. The molecule has 34 heavy (non-hydrogen) atoms. The third-order valence-corrected chi connectivity index (χ3v) is 6.22. The highest BCUT2D eigenvalue weighted by Gasteiger charge is 2.31. The van der Waals surface area contributed by atoms with E-state index in [0.29, 0.717) is 34.2 Å². The van der Waals surface area contributed by atoms with Crippen LogP contribution in [0, 0.1) is 0 Å². The molecule has 4 rings (SSSR count). The van der Waals surface area contributed by atoms with Gasteiger partial charge in [-0.05, 0) is 31.5 Å². The van der Waals surface area contributed by atoms with E-state index in [9.17, 15) is 18.0 Å². The lowest BCUT2D eigenvalue weighted by atomic mass is 10.2. The van der Waals surface area contributed by atoms with E-state index < -0.39 is 6.36 Å². The zero-order chi connectivity index (χ0) is 24.6. The van der Waals surface area contributed by atoms with E-state index in [0.717, 1.165) is 9.71 Å². The van der Waals surface area contributed by atoms with Gasteiger partial charge in [-0.1, -0.05) is 12.1 Å². The van der Waals surface area contributed by atoms with Gasteiger partial charge in [-0.2, -0.15) is 5.10 Å². The van der Waals surface area contributed by atoms with Crippen molar-refractivity contribution < 1.29 is 23.6 Å². The van der Waals surface area contributed by atoms with Gasteiger partial charge in [0.05, 0.1) is 23.1 Å². The van der Waals surface area contributed by atoms with Gasteiger partial charge in [0, 0.05) is 17.8 Å². The Bertz CT molecular complexity index is 1440. The van der Waals surface area contributed by atoms with Crippen LogP contribution in [-0.4, -0.2) is 25.7 Å². The molecular formula is C21H23F3N7O2S+. The van der Waals surface area contributed by atoms with Gasteiger partial charge in [0.1, 0.15) is 22.5 Å².